The van der Waals surface area contributed by atoms with Crippen molar-refractivity contribution in [2.75, 3.05) is 13.1 Å². The molecule has 12 heteroatoms. The number of carbonyl (C=O) groups is 4. The molecule has 3 amide bonds. The van der Waals surface area contributed by atoms with Crippen LogP contribution in [0.3, 0.4) is 0 Å². The van der Waals surface area contributed by atoms with Gasteiger partial charge in [-0.2, -0.15) is 0 Å². The molecule has 0 bridgehead atoms. The van der Waals surface area contributed by atoms with Gasteiger partial charge in [0.1, 0.15) is 30.1 Å². The first-order valence-corrected chi connectivity index (χ1v) is 12.2. The Kier molecular flexibility index (Phi) is 12.0. The number of amides is 3. The van der Waals surface area contributed by atoms with Gasteiger partial charge in [0.15, 0.2) is 0 Å². The van der Waals surface area contributed by atoms with Crippen molar-refractivity contribution in [3.63, 3.8) is 0 Å². The summed E-state index contributed by atoms with van der Waals surface area (Å²) in [6, 6.07) is 8.87. The van der Waals surface area contributed by atoms with Gasteiger partial charge in [0.05, 0.1) is 6.04 Å². The van der Waals surface area contributed by atoms with Gasteiger partial charge >= 0.3 is 5.97 Å². The number of phenolic OH excluding ortho intramolecular Hbond substituents is 2. The van der Waals surface area contributed by atoms with Crippen molar-refractivity contribution < 1.29 is 34.5 Å². The number of aromatic hydroxyl groups is 2. The Balaban J connectivity index is 2.23. The van der Waals surface area contributed by atoms with E-state index < -0.39 is 48.4 Å². The molecule has 12 nitrogen and oxygen atoms in total. The highest BCUT2D eigenvalue weighted by molar-refractivity contribution is 5.94. The number of hydrogen-bond acceptors (Lipinski definition) is 8. The normalized spacial score (nSPS) is 13.1. The van der Waals surface area contributed by atoms with Gasteiger partial charge < -0.3 is 42.7 Å². The Morgan fingerprint density at radius 2 is 1.21 bits per heavy atom. The number of nitrogens with two attached hydrogens (primary N) is 2. The number of benzene rings is 2. The molecular weight excluding hydrogens is 494 g/mol. The standard InChI is InChI=1S/C26H35N5O7/c27-12-2-1-3-20(28)24(36)30-22(14-17-6-10-19(33)11-7-17)26(38)31-21(25(37)29-15-23(34)35)13-16-4-8-18(32)9-5-16/h4-11,20-22,32-33H,1-3,12-15,27-28H2,(H,29,37)(H,30,36)(H,31,38)(H,34,35). The molecule has 0 saturated carbocycles. The number of carbonyl (C=O) groups excluding carboxylic acids is 3. The highest BCUT2D eigenvalue weighted by Crippen LogP contribution is 2.14. The van der Waals surface area contributed by atoms with Crippen LogP contribution in [0.5, 0.6) is 11.5 Å². The molecule has 0 fully saturated rings. The van der Waals surface area contributed by atoms with Crippen molar-refractivity contribution >= 4 is 23.7 Å². The molecule has 0 aliphatic rings. The lowest BCUT2D eigenvalue weighted by Crippen LogP contribution is -2.57. The van der Waals surface area contributed by atoms with Crippen LogP contribution in [0, 0.1) is 0 Å². The van der Waals surface area contributed by atoms with Gasteiger partial charge in [-0.1, -0.05) is 30.7 Å². The smallest absolute Gasteiger partial charge is 0.322 e. The average molecular weight is 530 g/mol. The van der Waals surface area contributed by atoms with Crippen LogP contribution in [0.2, 0.25) is 0 Å². The van der Waals surface area contributed by atoms with Gasteiger partial charge in [-0.05, 0) is 54.8 Å². The van der Waals surface area contributed by atoms with E-state index >= 15 is 0 Å². The Bertz CT molecular complexity index is 1080. The van der Waals surface area contributed by atoms with Gasteiger partial charge in [0.25, 0.3) is 0 Å². The molecule has 0 radical (unpaired) electrons. The first-order valence-electron chi connectivity index (χ1n) is 12.2. The summed E-state index contributed by atoms with van der Waals surface area (Å²) in [5.41, 5.74) is 12.7. The van der Waals surface area contributed by atoms with Gasteiger partial charge in [-0.3, -0.25) is 19.2 Å². The molecule has 0 saturated heterocycles. The van der Waals surface area contributed by atoms with Crippen LogP contribution in [0.15, 0.2) is 48.5 Å². The van der Waals surface area contributed by atoms with E-state index in [1.165, 1.54) is 24.3 Å². The molecule has 0 aromatic heterocycles. The second-order valence-electron chi connectivity index (χ2n) is 8.87. The number of aliphatic carboxylic acids is 1. The molecule has 10 N–H and O–H groups in total. The minimum absolute atomic E-state index is 0.00402. The molecule has 206 valence electrons. The third kappa shape index (κ3) is 10.4. The van der Waals surface area contributed by atoms with E-state index in [1.54, 1.807) is 24.3 Å². The second-order valence-corrected chi connectivity index (χ2v) is 8.87. The molecule has 0 heterocycles. The summed E-state index contributed by atoms with van der Waals surface area (Å²) in [5, 5.41) is 35.5. The predicted molar refractivity (Wildman–Crippen MR) is 139 cm³/mol. The lowest BCUT2D eigenvalue weighted by molar-refractivity contribution is -0.138. The molecule has 2 aromatic carbocycles. The maximum Gasteiger partial charge on any atom is 0.322 e. The summed E-state index contributed by atoms with van der Waals surface area (Å²) in [6.45, 7) is -0.182. The zero-order valence-corrected chi connectivity index (χ0v) is 20.9. The SMILES string of the molecule is NCCCCC(N)C(=O)NC(Cc1ccc(O)cc1)C(=O)NC(Cc1ccc(O)cc1)C(=O)NCC(=O)O. The summed E-state index contributed by atoms with van der Waals surface area (Å²) in [7, 11) is 0. The van der Waals surface area contributed by atoms with Crippen molar-refractivity contribution in [2.45, 2.75) is 50.2 Å². The van der Waals surface area contributed by atoms with Crippen molar-refractivity contribution in [1.82, 2.24) is 16.0 Å². The summed E-state index contributed by atoms with van der Waals surface area (Å²) in [5.74, 6) is -3.17. The molecule has 2 rings (SSSR count). The molecule has 3 unspecified atom stereocenters. The highest BCUT2D eigenvalue weighted by Gasteiger charge is 2.29. The summed E-state index contributed by atoms with van der Waals surface area (Å²) >= 11 is 0. The van der Waals surface area contributed by atoms with Crippen LogP contribution in [0.4, 0.5) is 0 Å². The van der Waals surface area contributed by atoms with Crippen molar-refractivity contribution in [3.8, 4) is 11.5 Å². The Morgan fingerprint density at radius 3 is 1.68 bits per heavy atom. The van der Waals surface area contributed by atoms with E-state index in [0.717, 1.165) is 0 Å². The van der Waals surface area contributed by atoms with E-state index in [9.17, 15) is 29.4 Å². The monoisotopic (exact) mass is 529 g/mol. The summed E-state index contributed by atoms with van der Waals surface area (Å²) in [4.78, 5) is 49.8. The van der Waals surface area contributed by atoms with E-state index in [4.69, 9.17) is 16.6 Å². The van der Waals surface area contributed by atoms with Gasteiger partial charge in [0.2, 0.25) is 17.7 Å². The van der Waals surface area contributed by atoms with E-state index in [0.29, 0.717) is 36.9 Å². The zero-order chi connectivity index (χ0) is 28.1. The van der Waals surface area contributed by atoms with Crippen LogP contribution < -0.4 is 27.4 Å². The molecule has 3 atom stereocenters. The first-order chi connectivity index (χ1) is 18.1. The van der Waals surface area contributed by atoms with Crippen LogP contribution in [0.25, 0.3) is 0 Å². The Morgan fingerprint density at radius 1 is 0.737 bits per heavy atom. The maximum absolute atomic E-state index is 13.4. The van der Waals surface area contributed by atoms with Crippen molar-refractivity contribution in [3.05, 3.63) is 59.7 Å². The largest absolute Gasteiger partial charge is 0.508 e. The number of carboxylic acids is 1. The quantitative estimate of drug-likeness (QED) is 0.139. The van der Waals surface area contributed by atoms with Crippen molar-refractivity contribution in [2.24, 2.45) is 11.5 Å². The fourth-order valence-electron chi connectivity index (χ4n) is 3.63. The van der Waals surface area contributed by atoms with Gasteiger partial charge in [-0.15, -0.1) is 0 Å². The molecule has 2 aromatic rings. The Labute approximate surface area is 220 Å². The summed E-state index contributed by atoms with van der Waals surface area (Å²) in [6.07, 6.45) is 1.74. The third-order valence-electron chi connectivity index (χ3n) is 5.74. The second kappa shape index (κ2) is 15.2. The summed E-state index contributed by atoms with van der Waals surface area (Å²) < 4.78 is 0. The fourth-order valence-corrected chi connectivity index (χ4v) is 3.63. The third-order valence-corrected chi connectivity index (χ3v) is 5.74. The van der Waals surface area contributed by atoms with Gasteiger partial charge in [-0.25, -0.2) is 0 Å². The predicted octanol–water partition coefficient (Wildman–Crippen LogP) is -0.490. The number of nitrogens with one attached hydrogen (secondary N) is 3. The molecule has 0 spiro atoms. The minimum atomic E-state index is -1.26. The van der Waals surface area contributed by atoms with E-state index in [2.05, 4.69) is 16.0 Å². The number of phenols is 2. The number of rotatable bonds is 15. The Hall–Kier alpha value is -4.16. The van der Waals surface area contributed by atoms with Gasteiger partial charge in [0, 0.05) is 12.8 Å². The first kappa shape index (κ1) is 30.1. The number of unbranched alkanes of at least 4 members (excludes halogenated alkanes) is 1. The van der Waals surface area contributed by atoms with Crippen LogP contribution >= 0.6 is 0 Å². The van der Waals surface area contributed by atoms with Crippen LogP contribution in [-0.2, 0) is 32.0 Å². The fraction of sp³-hybridized carbons (Fsp3) is 0.385. The topological polar surface area (TPSA) is 217 Å². The molecule has 0 aliphatic heterocycles. The van der Waals surface area contributed by atoms with Crippen molar-refractivity contribution in [1.29, 1.82) is 0 Å². The van der Waals surface area contributed by atoms with Crippen LogP contribution in [0.1, 0.15) is 30.4 Å². The minimum Gasteiger partial charge on any atom is -0.508 e. The zero-order valence-electron chi connectivity index (χ0n) is 20.9. The lowest BCUT2D eigenvalue weighted by Gasteiger charge is -2.24. The number of carboxylic acid groups (broad SMARTS) is 1. The van der Waals surface area contributed by atoms with Crippen LogP contribution in [-0.4, -0.2) is 70.2 Å². The molecular formula is C26H35N5O7. The maximum atomic E-state index is 13.4. The molecule has 0 aliphatic carbocycles. The van der Waals surface area contributed by atoms with E-state index in [-0.39, 0.29) is 24.3 Å². The average Bonchev–Trinajstić information content (AvgIpc) is 2.88. The molecule has 38 heavy (non-hydrogen) atoms. The number of hydrogen-bond donors (Lipinski definition) is 8. The lowest BCUT2D eigenvalue weighted by atomic mass is 10.0. The highest BCUT2D eigenvalue weighted by atomic mass is 16.4. The van der Waals surface area contributed by atoms with E-state index in [1.807, 2.05) is 0 Å².